The van der Waals surface area contributed by atoms with E-state index >= 15 is 0 Å². The van der Waals surface area contributed by atoms with Crippen molar-refractivity contribution in [3.05, 3.63) is 0 Å². The minimum absolute atomic E-state index is 0.0533. The Kier molecular flexibility index (Phi) is 15.0. The summed E-state index contributed by atoms with van der Waals surface area (Å²) < 4.78 is 0. The second kappa shape index (κ2) is 16.2. The molecule has 8 N–H and O–H groups in total. The van der Waals surface area contributed by atoms with Crippen LogP contribution < -0.4 is 27.0 Å². The van der Waals surface area contributed by atoms with Crippen LogP contribution in [0.25, 0.3) is 0 Å². The van der Waals surface area contributed by atoms with E-state index < -0.39 is 65.9 Å². The zero-order chi connectivity index (χ0) is 29.0. The first-order valence-corrected chi connectivity index (χ1v) is 12.9. The van der Waals surface area contributed by atoms with Gasteiger partial charge in [-0.15, -0.1) is 0 Å². The maximum atomic E-state index is 12.9. The van der Waals surface area contributed by atoms with E-state index in [1.54, 1.807) is 13.8 Å². The van der Waals surface area contributed by atoms with E-state index in [0.29, 0.717) is 19.3 Å². The van der Waals surface area contributed by atoms with Crippen LogP contribution in [0.5, 0.6) is 0 Å². The molecule has 0 aliphatic carbocycles. The first-order chi connectivity index (χ1) is 17.0. The Morgan fingerprint density at radius 2 is 1.22 bits per heavy atom. The fourth-order valence-electron chi connectivity index (χ4n) is 3.59. The monoisotopic (exact) mass is 529 g/mol. The number of carbonyl (C=O) groups is 5. The lowest BCUT2D eigenvalue weighted by molar-refractivity contribution is -0.144. The van der Waals surface area contributed by atoms with Crippen molar-refractivity contribution in [2.45, 2.75) is 111 Å². The van der Waals surface area contributed by atoms with E-state index in [1.807, 2.05) is 27.7 Å². The number of aliphatic hydroxyl groups excluding tert-OH is 1. The molecule has 7 atom stereocenters. The van der Waals surface area contributed by atoms with Gasteiger partial charge >= 0.3 is 5.97 Å². The van der Waals surface area contributed by atoms with Crippen molar-refractivity contribution in [1.29, 1.82) is 0 Å². The van der Waals surface area contributed by atoms with E-state index in [1.165, 1.54) is 13.8 Å². The van der Waals surface area contributed by atoms with Gasteiger partial charge in [-0.3, -0.25) is 19.2 Å². The van der Waals surface area contributed by atoms with Gasteiger partial charge in [0.25, 0.3) is 0 Å². The van der Waals surface area contributed by atoms with Gasteiger partial charge in [0.15, 0.2) is 0 Å². The van der Waals surface area contributed by atoms with Gasteiger partial charge in [0, 0.05) is 0 Å². The molecule has 0 saturated heterocycles. The summed E-state index contributed by atoms with van der Waals surface area (Å²) in [6.07, 6.45) is -0.0923. The largest absolute Gasteiger partial charge is 0.480 e. The van der Waals surface area contributed by atoms with Gasteiger partial charge in [-0.1, -0.05) is 48.0 Å². The highest BCUT2D eigenvalue weighted by molar-refractivity contribution is 5.95. The van der Waals surface area contributed by atoms with Crippen molar-refractivity contribution < 1.29 is 34.2 Å². The van der Waals surface area contributed by atoms with E-state index in [9.17, 15) is 34.2 Å². The highest BCUT2D eigenvalue weighted by Crippen LogP contribution is 2.10. The van der Waals surface area contributed by atoms with Gasteiger partial charge in [-0.25, -0.2) is 4.79 Å². The Balaban J connectivity index is 5.38. The lowest BCUT2D eigenvalue weighted by Gasteiger charge is -2.27. The van der Waals surface area contributed by atoms with Crippen LogP contribution in [-0.2, 0) is 24.0 Å². The normalized spacial score (nSPS) is 17.1. The summed E-state index contributed by atoms with van der Waals surface area (Å²) >= 11 is 0. The number of carbonyl (C=O) groups excluding carboxylic acids is 4. The standard InChI is InChI=1S/C25H47N5O7/c1-9-14(6)19(25(36)37)29-24(35)20(16(8)31)30-21(32)15(7)27-23(34)18(11-13(4)5)28-22(33)17(26)10-12(2)3/h12-20,31H,9-11,26H2,1-8H3,(H,27,34)(H,28,33)(H,29,35)(H,30,32)(H,36,37)/t14-,15-,16+,17-,18-,19-,20-/m0/s1. The van der Waals surface area contributed by atoms with Gasteiger partial charge < -0.3 is 37.2 Å². The predicted molar refractivity (Wildman–Crippen MR) is 139 cm³/mol. The molecule has 0 aromatic heterocycles. The molecule has 12 nitrogen and oxygen atoms in total. The maximum Gasteiger partial charge on any atom is 0.326 e. The Morgan fingerprint density at radius 3 is 1.65 bits per heavy atom. The highest BCUT2D eigenvalue weighted by Gasteiger charge is 2.33. The number of carboxylic acid groups (broad SMARTS) is 1. The minimum atomic E-state index is -1.45. The average molecular weight is 530 g/mol. The Labute approximate surface area is 219 Å². The van der Waals surface area contributed by atoms with Crippen LogP contribution in [0, 0.1) is 17.8 Å². The molecule has 0 unspecified atom stereocenters. The molecule has 37 heavy (non-hydrogen) atoms. The molecule has 4 amide bonds. The summed E-state index contributed by atoms with van der Waals surface area (Å²) in [4.78, 5) is 62.4. The van der Waals surface area contributed by atoms with Gasteiger partial charge in [0.05, 0.1) is 12.1 Å². The number of nitrogens with two attached hydrogens (primary N) is 1. The fourth-order valence-corrected chi connectivity index (χ4v) is 3.59. The van der Waals surface area contributed by atoms with Crippen LogP contribution in [0.3, 0.4) is 0 Å². The molecule has 0 spiro atoms. The molecule has 0 aromatic rings. The Morgan fingerprint density at radius 1 is 0.703 bits per heavy atom. The molecular formula is C25H47N5O7. The quantitative estimate of drug-likeness (QED) is 0.143. The van der Waals surface area contributed by atoms with E-state index in [4.69, 9.17) is 5.73 Å². The van der Waals surface area contributed by atoms with Gasteiger partial charge in [0.1, 0.15) is 24.2 Å². The van der Waals surface area contributed by atoms with Crippen LogP contribution in [0.2, 0.25) is 0 Å². The van der Waals surface area contributed by atoms with Crippen LogP contribution in [0.1, 0.15) is 74.7 Å². The highest BCUT2D eigenvalue weighted by atomic mass is 16.4. The van der Waals surface area contributed by atoms with E-state index in [-0.39, 0.29) is 17.8 Å². The lowest BCUT2D eigenvalue weighted by Crippen LogP contribution is -2.60. The second-order valence-corrected chi connectivity index (χ2v) is 10.6. The smallest absolute Gasteiger partial charge is 0.326 e. The van der Waals surface area contributed by atoms with Crippen molar-refractivity contribution in [2.24, 2.45) is 23.5 Å². The number of amides is 4. The van der Waals surface area contributed by atoms with Crippen LogP contribution >= 0.6 is 0 Å². The summed E-state index contributed by atoms with van der Waals surface area (Å²) in [6.45, 7) is 13.7. The number of hydrogen-bond acceptors (Lipinski definition) is 7. The number of nitrogens with one attached hydrogen (secondary N) is 4. The molecule has 214 valence electrons. The third kappa shape index (κ3) is 12.4. The van der Waals surface area contributed by atoms with Crippen molar-refractivity contribution in [3.8, 4) is 0 Å². The Bertz CT molecular complexity index is 787. The van der Waals surface area contributed by atoms with Crippen molar-refractivity contribution in [3.63, 3.8) is 0 Å². The number of hydrogen-bond donors (Lipinski definition) is 7. The number of aliphatic carboxylic acids is 1. The molecule has 0 saturated carbocycles. The predicted octanol–water partition coefficient (Wildman–Crippen LogP) is -0.123. The topological polar surface area (TPSA) is 200 Å². The summed E-state index contributed by atoms with van der Waals surface area (Å²) in [7, 11) is 0. The molecule has 0 fully saturated rings. The SMILES string of the molecule is CC[C@H](C)[C@H](NC(=O)[C@@H](NC(=O)[C@H](C)NC(=O)[C@H](CC(C)C)NC(=O)[C@@H](N)CC(C)C)[C@@H](C)O)C(=O)O. The number of carboxylic acids is 1. The molecule has 0 radical (unpaired) electrons. The third-order valence-corrected chi connectivity index (χ3v) is 5.99. The van der Waals surface area contributed by atoms with Crippen LogP contribution in [-0.4, -0.2) is 76.1 Å². The molecule has 0 aliphatic rings. The molecule has 12 heteroatoms. The Hall–Kier alpha value is -2.73. The van der Waals surface area contributed by atoms with Gasteiger partial charge in [-0.05, 0) is 44.4 Å². The van der Waals surface area contributed by atoms with Crippen LogP contribution in [0.4, 0.5) is 0 Å². The molecule has 0 heterocycles. The third-order valence-electron chi connectivity index (χ3n) is 5.99. The molecule has 0 aliphatic heterocycles. The van der Waals surface area contributed by atoms with Crippen molar-refractivity contribution >= 4 is 29.6 Å². The second-order valence-electron chi connectivity index (χ2n) is 10.6. The van der Waals surface area contributed by atoms with Gasteiger partial charge in [-0.2, -0.15) is 0 Å². The van der Waals surface area contributed by atoms with Gasteiger partial charge in [0.2, 0.25) is 23.6 Å². The zero-order valence-electron chi connectivity index (χ0n) is 23.3. The first-order valence-electron chi connectivity index (χ1n) is 12.9. The molecule has 0 bridgehead atoms. The first kappa shape index (κ1) is 34.3. The molecular weight excluding hydrogens is 482 g/mol. The van der Waals surface area contributed by atoms with E-state index in [0.717, 1.165) is 0 Å². The minimum Gasteiger partial charge on any atom is -0.480 e. The fraction of sp³-hybridized carbons (Fsp3) is 0.800. The van der Waals surface area contributed by atoms with Crippen LogP contribution in [0.15, 0.2) is 0 Å². The number of aliphatic hydroxyl groups is 1. The molecule has 0 rings (SSSR count). The average Bonchev–Trinajstić information content (AvgIpc) is 2.78. The maximum absolute atomic E-state index is 12.9. The van der Waals surface area contributed by atoms with Crippen molar-refractivity contribution in [1.82, 2.24) is 21.3 Å². The summed E-state index contributed by atoms with van der Waals surface area (Å²) in [5.41, 5.74) is 5.93. The number of rotatable bonds is 16. The zero-order valence-corrected chi connectivity index (χ0v) is 23.3. The van der Waals surface area contributed by atoms with E-state index in [2.05, 4.69) is 21.3 Å². The summed E-state index contributed by atoms with van der Waals surface area (Å²) in [5.74, 6) is -4.06. The lowest BCUT2D eigenvalue weighted by atomic mass is 9.98. The summed E-state index contributed by atoms with van der Waals surface area (Å²) in [5, 5.41) is 29.4. The summed E-state index contributed by atoms with van der Waals surface area (Å²) in [6, 6.07) is -5.47. The van der Waals surface area contributed by atoms with Crippen molar-refractivity contribution in [2.75, 3.05) is 0 Å². The molecule has 0 aromatic carbocycles.